The van der Waals surface area contributed by atoms with Crippen LogP contribution >= 0.6 is 0 Å². The largest absolute Gasteiger partial charge is 0.481 e. The summed E-state index contributed by atoms with van der Waals surface area (Å²) in [6.07, 6.45) is -0.343. The van der Waals surface area contributed by atoms with E-state index in [1.54, 1.807) is 35.2 Å². The number of benzene rings is 3. The maximum Gasteiger partial charge on any atom is 0.305 e. The molecule has 1 unspecified atom stereocenters. The summed E-state index contributed by atoms with van der Waals surface area (Å²) in [5.74, 6) is -0.779. The summed E-state index contributed by atoms with van der Waals surface area (Å²) in [5, 5.41) is 24.0. The van der Waals surface area contributed by atoms with Gasteiger partial charge in [-0.1, -0.05) is 29.8 Å². The van der Waals surface area contributed by atoms with Crippen molar-refractivity contribution < 1.29 is 33.9 Å². The predicted molar refractivity (Wildman–Crippen MR) is 147 cm³/mol. The average Bonchev–Trinajstić information content (AvgIpc) is 3.44. The molecule has 0 aliphatic carbocycles. The first-order valence-corrected chi connectivity index (χ1v) is 13.0. The summed E-state index contributed by atoms with van der Waals surface area (Å²) in [6.45, 7) is 3.42. The highest BCUT2D eigenvalue weighted by molar-refractivity contribution is 5.97. The molecule has 2 N–H and O–H groups in total. The first kappa shape index (κ1) is 27.4. The van der Waals surface area contributed by atoms with E-state index in [0.717, 1.165) is 5.56 Å². The van der Waals surface area contributed by atoms with E-state index >= 15 is 0 Å². The molecule has 41 heavy (non-hydrogen) atoms. The number of aryl methyl sites for hydroxylation is 1. The number of rotatable bonds is 8. The Morgan fingerprint density at radius 1 is 0.951 bits per heavy atom. The van der Waals surface area contributed by atoms with Crippen LogP contribution in [0.5, 0.6) is 11.5 Å². The van der Waals surface area contributed by atoms with Crippen LogP contribution in [0.15, 0.2) is 60.7 Å². The van der Waals surface area contributed by atoms with E-state index in [0.29, 0.717) is 54.5 Å². The van der Waals surface area contributed by atoms with E-state index in [9.17, 15) is 29.6 Å². The molecule has 3 aromatic rings. The number of ether oxygens (including phenoxy) is 2. The van der Waals surface area contributed by atoms with Crippen molar-refractivity contribution in [3.63, 3.8) is 0 Å². The number of carbonyl (C=O) groups excluding carboxylic acids is 2. The molecular weight excluding hydrogens is 532 g/mol. The minimum Gasteiger partial charge on any atom is -0.481 e. The summed E-state index contributed by atoms with van der Waals surface area (Å²) in [5.41, 5.74) is 2.19. The van der Waals surface area contributed by atoms with E-state index in [-0.39, 0.29) is 30.4 Å². The van der Waals surface area contributed by atoms with E-state index < -0.39 is 22.8 Å². The van der Waals surface area contributed by atoms with Crippen molar-refractivity contribution in [1.29, 1.82) is 0 Å². The van der Waals surface area contributed by atoms with Crippen molar-refractivity contribution in [2.24, 2.45) is 0 Å². The van der Waals surface area contributed by atoms with E-state index in [4.69, 9.17) is 9.47 Å². The number of amides is 2. The number of nitrogens with zero attached hydrogens (tertiary/aromatic N) is 3. The molecule has 0 radical (unpaired) electrons. The van der Waals surface area contributed by atoms with E-state index in [1.165, 1.54) is 18.2 Å². The van der Waals surface area contributed by atoms with E-state index in [1.807, 2.05) is 24.0 Å². The van der Waals surface area contributed by atoms with Crippen LogP contribution in [0.4, 0.5) is 11.4 Å². The molecule has 1 fully saturated rings. The number of piperazine rings is 1. The smallest absolute Gasteiger partial charge is 0.305 e. The highest BCUT2D eigenvalue weighted by Crippen LogP contribution is 2.34. The van der Waals surface area contributed by atoms with Gasteiger partial charge in [0.1, 0.15) is 5.69 Å². The maximum atomic E-state index is 13.1. The van der Waals surface area contributed by atoms with Crippen molar-refractivity contribution in [2.75, 3.05) is 37.9 Å². The molecule has 0 bridgehead atoms. The molecule has 0 spiro atoms. The Labute approximate surface area is 235 Å². The molecule has 2 aliphatic heterocycles. The number of carbonyl (C=O) groups is 3. The molecule has 0 aromatic heterocycles. The van der Waals surface area contributed by atoms with Crippen LogP contribution in [0.1, 0.15) is 44.3 Å². The molecule has 212 valence electrons. The minimum atomic E-state index is -1.09. The van der Waals surface area contributed by atoms with Crippen LogP contribution in [0.2, 0.25) is 0 Å². The van der Waals surface area contributed by atoms with Gasteiger partial charge >= 0.3 is 5.97 Å². The fraction of sp³-hybridized carbons (Fsp3) is 0.276. The molecule has 2 heterocycles. The third kappa shape index (κ3) is 6.06. The van der Waals surface area contributed by atoms with E-state index in [2.05, 4.69) is 5.32 Å². The SMILES string of the molecule is Cc1ccc(C(CC(=O)O)NC(=O)c2ccc(N3CCN(C(=O)c4ccc5c(c4)OCO5)CC3)c([N+](=O)[O-])c2)cc1. The topological polar surface area (TPSA) is 152 Å². The van der Waals surface area contributed by atoms with Gasteiger partial charge in [0.25, 0.3) is 17.5 Å². The molecule has 12 nitrogen and oxygen atoms in total. The summed E-state index contributed by atoms with van der Waals surface area (Å²) in [4.78, 5) is 52.5. The second-order valence-electron chi connectivity index (χ2n) is 9.84. The maximum absolute atomic E-state index is 13.1. The summed E-state index contributed by atoms with van der Waals surface area (Å²) >= 11 is 0. The van der Waals surface area contributed by atoms with Crippen molar-refractivity contribution in [3.05, 3.63) is 93.0 Å². The molecule has 1 atom stereocenters. The van der Waals surface area contributed by atoms with Gasteiger partial charge < -0.3 is 29.7 Å². The summed E-state index contributed by atoms with van der Waals surface area (Å²) in [7, 11) is 0. The summed E-state index contributed by atoms with van der Waals surface area (Å²) < 4.78 is 10.7. The number of hydrogen-bond donors (Lipinski definition) is 2. The minimum absolute atomic E-state index is 0.0413. The lowest BCUT2D eigenvalue weighted by molar-refractivity contribution is -0.384. The van der Waals surface area contributed by atoms with Crippen molar-refractivity contribution in [3.8, 4) is 11.5 Å². The normalized spacial score (nSPS) is 14.9. The quantitative estimate of drug-likeness (QED) is 0.311. The Morgan fingerprint density at radius 2 is 1.63 bits per heavy atom. The van der Waals surface area contributed by atoms with Gasteiger partial charge in [0.2, 0.25) is 6.79 Å². The van der Waals surface area contributed by atoms with Gasteiger partial charge in [-0.05, 0) is 42.8 Å². The fourth-order valence-corrected chi connectivity index (χ4v) is 4.91. The van der Waals surface area contributed by atoms with Gasteiger partial charge in [0.15, 0.2) is 11.5 Å². The van der Waals surface area contributed by atoms with Crippen LogP contribution in [0.3, 0.4) is 0 Å². The molecular formula is C29H28N4O8. The number of aliphatic carboxylic acids is 1. The lowest BCUT2D eigenvalue weighted by Crippen LogP contribution is -2.49. The number of nitro benzene ring substituents is 1. The van der Waals surface area contributed by atoms with Crippen LogP contribution in [-0.4, -0.2) is 65.7 Å². The fourth-order valence-electron chi connectivity index (χ4n) is 4.91. The van der Waals surface area contributed by atoms with Crippen LogP contribution < -0.4 is 19.7 Å². The summed E-state index contributed by atoms with van der Waals surface area (Å²) in [6, 6.07) is 15.5. The number of anilines is 1. The number of carboxylic acids is 1. The highest BCUT2D eigenvalue weighted by atomic mass is 16.7. The molecule has 2 aliphatic rings. The standard InChI is InChI=1S/C29H28N4O8/c1-18-2-4-19(5-3-18)22(16-27(34)35)30-28(36)20-6-8-23(24(14-20)33(38)39)31-10-12-32(13-11-31)29(37)21-7-9-25-26(15-21)41-17-40-25/h2-9,14-15,22H,10-13,16-17H2,1H3,(H,30,36)(H,34,35). The Hall–Kier alpha value is -5.13. The van der Waals surface area contributed by atoms with Gasteiger partial charge in [0.05, 0.1) is 17.4 Å². The molecule has 1 saturated heterocycles. The van der Waals surface area contributed by atoms with Gasteiger partial charge in [-0.25, -0.2) is 0 Å². The molecule has 2 amide bonds. The van der Waals surface area contributed by atoms with Crippen molar-refractivity contribution in [1.82, 2.24) is 10.2 Å². The molecule has 12 heteroatoms. The van der Waals surface area contributed by atoms with Crippen molar-refractivity contribution >= 4 is 29.2 Å². The Morgan fingerprint density at radius 3 is 2.32 bits per heavy atom. The zero-order valence-electron chi connectivity index (χ0n) is 22.2. The zero-order chi connectivity index (χ0) is 29.1. The zero-order valence-corrected chi connectivity index (χ0v) is 22.2. The monoisotopic (exact) mass is 560 g/mol. The van der Waals surface area contributed by atoms with Crippen molar-refractivity contribution in [2.45, 2.75) is 19.4 Å². The number of nitro groups is 1. The Balaban J connectivity index is 1.28. The van der Waals surface area contributed by atoms with Gasteiger partial charge in [-0.3, -0.25) is 24.5 Å². The first-order chi connectivity index (χ1) is 19.7. The first-order valence-electron chi connectivity index (χ1n) is 13.0. The lowest BCUT2D eigenvalue weighted by Gasteiger charge is -2.36. The van der Waals surface area contributed by atoms with Gasteiger partial charge in [-0.2, -0.15) is 0 Å². The number of carboxylic acid groups (broad SMARTS) is 1. The Bertz CT molecular complexity index is 1500. The average molecular weight is 561 g/mol. The second kappa shape index (κ2) is 11.5. The third-order valence-corrected chi connectivity index (χ3v) is 7.13. The van der Waals surface area contributed by atoms with Crippen LogP contribution in [0.25, 0.3) is 0 Å². The molecule has 5 rings (SSSR count). The molecule has 3 aromatic carbocycles. The Kier molecular flexibility index (Phi) is 7.72. The highest BCUT2D eigenvalue weighted by Gasteiger charge is 2.29. The number of hydrogen-bond acceptors (Lipinski definition) is 8. The van der Waals surface area contributed by atoms with Gasteiger partial charge in [0, 0.05) is 43.4 Å². The second-order valence-corrected chi connectivity index (χ2v) is 9.84. The number of nitrogens with one attached hydrogen (secondary N) is 1. The molecule has 0 saturated carbocycles. The van der Waals surface area contributed by atoms with Gasteiger partial charge in [-0.15, -0.1) is 0 Å². The predicted octanol–water partition coefficient (Wildman–Crippen LogP) is 3.54. The third-order valence-electron chi connectivity index (χ3n) is 7.13. The van der Waals surface area contributed by atoms with Crippen LogP contribution in [0, 0.1) is 17.0 Å². The van der Waals surface area contributed by atoms with Crippen LogP contribution in [-0.2, 0) is 4.79 Å². The lowest BCUT2D eigenvalue weighted by atomic mass is 10.0. The number of fused-ring (bicyclic) bond motifs is 1.